The van der Waals surface area contributed by atoms with Crippen LogP contribution in [0.2, 0.25) is 0 Å². The fourth-order valence-electron chi connectivity index (χ4n) is 0.494. The van der Waals surface area contributed by atoms with Crippen LogP contribution < -0.4 is 11.5 Å². The van der Waals surface area contributed by atoms with E-state index in [1.807, 2.05) is 0 Å². The first-order valence-electron chi connectivity index (χ1n) is 2.49. The molecule has 0 rings (SSSR count). The second-order valence-corrected chi connectivity index (χ2v) is 1.93. The van der Waals surface area contributed by atoms with Crippen LogP contribution in [0.15, 0.2) is 0 Å². The highest BCUT2D eigenvalue weighted by Gasteiger charge is 2.00. The van der Waals surface area contributed by atoms with Crippen molar-refractivity contribution in [1.29, 1.82) is 0 Å². The minimum absolute atomic E-state index is 0.375. The van der Waals surface area contributed by atoms with E-state index in [0.717, 1.165) is 0 Å². The molecule has 4 radical (unpaired) electrons. The molecule has 2 unspecified atom stereocenters. The van der Waals surface area contributed by atoms with E-state index in [0.29, 0.717) is 6.42 Å². The number of hydrogen-bond acceptors (Lipinski definition) is 0. The third-order valence-corrected chi connectivity index (χ3v) is 0.682. The van der Waals surface area contributed by atoms with Crippen molar-refractivity contribution in [1.82, 2.24) is 11.5 Å². The van der Waals surface area contributed by atoms with E-state index in [4.69, 9.17) is 11.5 Å². The Bertz CT molecular complexity index is 35.3. The Morgan fingerprint density at radius 2 is 1.43 bits per heavy atom. The zero-order valence-corrected chi connectivity index (χ0v) is 4.76. The lowest BCUT2D eigenvalue weighted by Gasteiger charge is -2.01. The molecule has 0 N–H and O–H groups in total. The summed E-state index contributed by atoms with van der Waals surface area (Å²) in [6.07, 6.45) is 0.472. The highest BCUT2D eigenvalue weighted by molar-refractivity contribution is 4.59. The highest BCUT2D eigenvalue weighted by atomic mass is 14.7. The molecule has 0 amide bonds. The summed E-state index contributed by atoms with van der Waals surface area (Å²) in [6, 6.07) is -0.750. The lowest BCUT2D eigenvalue weighted by atomic mass is 10.1. The van der Waals surface area contributed by atoms with Crippen LogP contribution in [0.5, 0.6) is 0 Å². The molecule has 0 heterocycles. The zero-order valence-electron chi connectivity index (χ0n) is 4.76. The van der Waals surface area contributed by atoms with Crippen LogP contribution in [-0.4, -0.2) is 12.1 Å². The van der Waals surface area contributed by atoms with E-state index in [1.54, 1.807) is 13.8 Å². The van der Waals surface area contributed by atoms with Crippen molar-refractivity contribution >= 4 is 0 Å². The molecule has 0 aliphatic carbocycles. The molecule has 0 bridgehead atoms. The van der Waals surface area contributed by atoms with Crippen molar-refractivity contribution in [3.8, 4) is 0 Å². The van der Waals surface area contributed by atoms with Crippen LogP contribution >= 0.6 is 0 Å². The first-order valence-corrected chi connectivity index (χ1v) is 2.49. The second kappa shape index (κ2) is 2.99. The van der Waals surface area contributed by atoms with Crippen LogP contribution in [0, 0.1) is 0 Å². The van der Waals surface area contributed by atoms with E-state index in [2.05, 4.69) is 0 Å². The zero-order chi connectivity index (χ0) is 5.86. The lowest BCUT2D eigenvalue weighted by Crippen LogP contribution is -2.13. The normalized spacial score (nSPS) is 18.9. The van der Waals surface area contributed by atoms with Gasteiger partial charge in [-0.25, -0.2) is 0 Å². The summed E-state index contributed by atoms with van der Waals surface area (Å²) in [5.74, 6) is 0. The Hall–Kier alpha value is -0.0800. The first-order chi connectivity index (χ1) is 3.13. The molecule has 2 atom stereocenters. The average Bonchev–Trinajstić information content (AvgIpc) is 1.27. The Balaban J connectivity index is 2.95. The summed E-state index contributed by atoms with van der Waals surface area (Å²) in [7, 11) is 0. The summed E-state index contributed by atoms with van der Waals surface area (Å²) in [5.41, 5.74) is 17.1. The van der Waals surface area contributed by atoms with Gasteiger partial charge in [-0.2, -0.15) is 0 Å². The van der Waals surface area contributed by atoms with Crippen LogP contribution in [0.4, 0.5) is 0 Å². The van der Waals surface area contributed by atoms with Gasteiger partial charge in [-0.05, 0) is 20.3 Å². The second-order valence-electron chi connectivity index (χ2n) is 1.93. The summed E-state index contributed by atoms with van der Waals surface area (Å²) in [5, 5.41) is 0. The van der Waals surface area contributed by atoms with Gasteiger partial charge in [0.2, 0.25) is 0 Å². The highest BCUT2D eigenvalue weighted by Crippen LogP contribution is 1.91. The number of rotatable bonds is 2. The van der Waals surface area contributed by atoms with Crippen molar-refractivity contribution in [3.05, 3.63) is 0 Å². The van der Waals surface area contributed by atoms with Gasteiger partial charge >= 0.3 is 0 Å². The largest absolute Gasteiger partial charge is 0.141 e. The Morgan fingerprint density at radius 3 is 1.43 bits per heavy atom. The van der Waals surface area contributed by atoms with Gasteiger partial charge in [-0.1, -0.05) is 0 Å². The Kier molecular flexibility index (Phi) is 2.96. The van der Waals surface area contributed by atoms with Gasteiger partial charge in [0.1, 0.15) is 0 Å². The third-order valence-electron chi connectivity index (χ3n) is 0.682. The monoisotopic (exact) mass is 98.1 g/mol. The Labute approximate surface area is 44.9 Å². The molecule has 0 saturated carbocycles. The maximum absolute atomic E-state index is 8.56. The smallest absolute Gasteiger partial charge is 0.0421 e. The molecule has 2 heteroatoms. The lowest BCUT2D eigenvalue weighted by molar-refractivity contribution is 0.558. The molecule has 0 aromatic carbocycles. The maximum Gasteiger partial charge on any atom is 0.0421 e. The van der Waals surface area contributed by atoms with Crippen LogP contribution in [0.3, 0.4) is 0 Å². The summed E-state index contributed by atoms with van der Waals surface area (Å²) in [4.78, 5) is 0. The van der Waals surface area contributed by atoms with Crippen LogP contribution in [0.25, 0.3) is 0 Å². The van der Waals surface area contributed by atoms with E-state index in [1.165, 1.54) is 0 Å². The van der Waals surface area contributed by atoms with Gasteiger partial charge < -0.3 is 0 Å². The molecule has 0 spiro atoms. The summed E-state index contributed by atoms with van der Waals surface area (Å²) < 4.78 is 0. The van der Waals surface area contributed by atoms with Gasteiger partial charge in [0.25, 0.3) is 0 Å². The maximum atomic E-state index is 8.56. The SMILES string of the molecule is CC([N])CC(C)[N]. The van der Waals surface area contributed by atoms with Gasteiger partial charge in [-0.15, -0.1) is 11.5 Å². The van der Waals surface area contributed by atoms with Crippen molar-refractivity contribution in [3.63, 3.8) is 0 Å². The van der Waals surface area contributed by atoms with Crippen molar-refractivity contribution in [2.24, 2.45) is 0 Å². The topological polar surface area (TPSA) is 44.6 Å². The third kappa shape index (κ3) is 5.92. The number of hydrogen-bond donors (Lipinski definition) is 0. The molecule has 0 aromatic rings. The first kappa shape index (κ1) is 6.92. The average molecular weight is 98.1 g/mol. The standard InChI is InChI=1S/C5H10N2/c1-4(6)3-5(2)7/h4-5H,3H2,1-2H3. The van der Waals surface area contributed by atoms with E-state index >= 15 is 0 Å². The van der Waals surface area contributed by atoms with E-state index in [-0.39, 0.29) is 12.1 Å². The van der Waals surface area contributed by atoms with Crippen LogP contribution in [-0.2, 0) is 0 Å². The quantitative estimate of drug-likeness (QED) is 0.476. The molecular formula is C5H10N2. The van der Waals surface area contributed by atoms with Crippen molar-refractivity contribution < 1.29 is 0 Å². The molecule has 0 aliphatic heterocycles. The molecule has 0 aliphatic rings. The van der Waals surface area contributed by atoms with Crippen molar-refractivity contribution in [2.45, 2.75) is 32.4 Å². The molecule has 0 saturated heterocycles. The van der Waals surface area contributed by atoms with Gasteiger partial charge in [0, 0.05) is 12.1 Å². The van der Waals surface area contributed by atoms with E-state index in [9.17, 15) is 0 Å². The molecule has 0 aromatic heterocycles. The summed E-state index contributed by atoms with van der Waals surface area (Å²) >= 11 is 0. The summed E-state index contributed by atoms with van der Waals surface area (Å²) in [6.45, 7) is 3.32. The van der Waals surface area contributed by atoms with Gasteiger partial charge in [0.05, 0.1) is 0 Å². The minimum Gasteiger partial charge on any atom is -0.141 e. The van der Waals surface area contributed by atoms with Gasteiger partial charge in [-0.3, -0.25) is 0 Å². The fraction of sp³-hybridized carbons (Fsp3) is 1.00. The molecular weight excluding hydrogens is 88.1 g/mol. The van der Waals surface area contributed by atoms with Gasteiger partial charge in [0.15, 0.2) is 0 Å². The molecule has 7 heavy (non-hydrogen) atoms. The molecule has 2 nitrogen and oxygen atoms in total. The minimum atomic E-state index is -0.375. The number of nitrogens with zero attached hydrogens (tertiary/aromatic N) is 2. The molecule has 40 valence electrons. The predicted molar refractivity (Wildman–Crippen MR) is 27.8 cm³/mol. The van der Waals surface area contributed by atoms with Crippen LogP contribution in [0.1, 0.15) is 20.3 Å². The predicted octanol–water partition coefficient (Wildman–Crippen LogP) is 0.291. The fourth-order valence-corrected chi connectivity index (χ4v) is 0.494. The van der Waals surface area contributed by atoms with E-state index < -0.39 is 0 Å². The molecule has 0 fully saturated rings. The van der Waals surface area contributed by atoms with Crippen molar-refractivity contribution in [2.75, 3.05) is 0 Å². The Morgan fingerprint density at radius 1 is 1.14 bits per heavy atom.